The number of rotatable bonds is 7. The van der Waals surface area contributed by atoms with Crippen molar-refractivity contribution in [1.82, 2.24) is 19.3 Å². The molecule has 1 aliphatic heterocycles. The minimum Gasteiger partial charge on any atom is -0.497 e. The molecule has 2 N–H and O–H groups in total. The van der Waals surface area contributed by atoms with Gasteiger partial charge in [-0.1, -0.05) is 18.2 Å². The van der Waals surface area contributed by atoms with Crippen molar-refractivity contribution in [3.05, 3.63) is 81.2 Å². The summed E-state index contributed by atoms with van der Waals surface area (Å²) in [6.07, 6.45) is 4.10. The smallest absolute Gasteiger partial charge is 0.267 e. The normalized spacial score (nSPS) is 15.4. The molecule has 9 heteroatoms. The van der Waals surface area contributed by atoms with Crippen molar-refractivity contribution in [3.8, 4) is 5.75 Å². The Morgan fingerprint density at radius 2 is 2.06 bits per heavy atom. The van der Waals surface area contributed by atoms with Crippen LogP contribution in [0.2, 0.25) is 0 Å². The van der Waals surface area contributed by atoms with Crippen LogP contribution in [0.4, 0.5) is 0 Å². The molecule has 9 nitrogen and oxygen atoms in total. The number of aromatic nitrogens is 3. The quantitative estimate of drug-likeness (QED) is 0.390. The van der Waals surface area contributed by atoms with Crippen molar-refractivity contribution in [2.75, 3.05) is 20.3 Å². The van der Waals surface area contributed by atoms with Gasteiger partial charge in [-0.25, -0.2) is 4.98 Å². The predicted molar refractivity (Wildman–Crippen MR) is 136 cm³/mol. The second kappa shape index (κ2) is 9.94. The van der Waals surface area contributed by atoms with E-state index in [1.165, 1.54) is 10.5 Å². The van der Waals surface area contributed by atoms with Gasteiger partial charge < -0.3 is 19.4 Å². The van der Waals surface area contributed by atoms with Gasteiger partial charge in [0.1, 0.15) is 22.5 Å². The van der Waals surface area contributed by atoms with E-state index in [9.17, 15) is 9.59 Å². The molecule has 36 heavy (non-hydrogen) atoms. The number of amides is 1. The van der Waals surface area contributed by atoms with E-state index in [4.69, 9.17) is 19.9 Å². The van der Waals surface area contributed by atoms with Gasteiger partial charge in [-0.05, 0) is 61.6 Å². The summed E-state index contributed by atoms with van der Waals surface area (Å²) in [5, 5.41) is 12.1. The van der Waals surface area contributed by atoms with Crippen LogP contribution in [0.3, 0.4) is 0 Å². The van der Waals surface area contributed by atoms with Gasteiger partial charge in [0, 0.05) is 25.9 Å². The molecule has 0 spiro atoms. The van der Waals surface area contributed by atoms with Crippen LogP contribution >= 0.6 is 0 Å². The Morgan fingerprint density at radius 3 is 2.78 bits per heavy atom. The molecular formula is C27H29N5O4. The SMILES string of the molecule is COc1ccc(CCn2c(=N)c(C(=O)NC[C@H]3CCCO3)cc3c(=O)n4cccc(C)c4nc32)cc1. The van der Waals surface area contributed by atoms with Gasteiger partial charge in [0.2, 0.25) is 0 Å². The minimum absolute atomic E-state index is 0.0192. The molecule has 4 aromatic rings. The Balaban J connectivity index is 1.60. The number of carbonyl (C=O) groups excluding carboxylic acids is 1. The third kappa shape index (κ3) is 4.49. The van der Waals surface area contributed by atoms with E-state index in [1.807, 2.05) is 37.3 Å². The van der Waals surface area contributed by atoms with Crippen molar-refractivity contribution in [1.29, 1.82) is 5.41 Å². The van der Waals surface area contributed by atoms with E-state index < -0.39 is 5.91 Å². The number of carbonyl (C=O) groups is 1. The van der Waals surface area contributed by atoms with Crippen LogP contribution in [-0.2, 0) is 17.7 Å². The third-order valence-corrected chi connectivity index (χ3v) is 6.68. The van der Waals surface area contributed by atoms with Gasteiger partial charge in [0.25, 0.3) is 11.5 Å². The molecule has 4 heterocycles. The van der Waals surface area contributed by atoms with Crippen molar-refractivity contribution in [3.63, 3.8) is 0 Å². The monoisotopic (exact) mass is 487 g/mol. The van der Waals surface area contributed by atoms with Crippen LogP contribution in [0.15, 0.2) is 53.5 Å². The van der Waals surface area contributed by atoms with E-state index >= 15 is 0 Å². The van der Waals surface area contributed by atoms with Gasteiger partial charge in [0.05, 0.1) is 24.2 Å². The first-order valence-corrected chi connectivity index (χ1v) is 12.1. The highest BCUT2D eigenvalue weighted by Gasteiger charge is 2.20. The summed E-state index contributed by atoms with van der Waals surface area (Å²) in [5.41, 5.74) is 2.70. The third-order valence-electron chi connectivity index (χ3n) is 6.68. The zero-order valence-corrected chi connectivity index (χ0v) is 20.4. The van der Waals surface area contributed by atoms with Gasteiger partial charge >= 0.3 is 0 Å². The molecule has 0 aliphatic carbocycles. The molecule has 0 unspecified atom stereocenters. The lowest BCUT2D eigenvalue weighted by Gasteiger charge is -2.16. The van der Waals surface area contributed by atoms with Crippen LogP contribution in [0.1, 0.15) is 34.3 Å². The molecule has 1 atom stereocenters. The molecule has 1 aromatic carbocycles. The standard InChI is InChI=1S/C27H29N5O4/c1-17-5-3-12-32-24(17)30-25-22(27(32)34)15-21(26(33)29-16-20-6-4-14-36-20)23(28)31(25)13-11-18-7-9-19(35-2)10-8-18/h3,5,7-10,12,15,20,28H,4,6,11,13-14,16H2,1-2H3,(H,29,33)/t20-/m1/s1. The molecule has 1 amide bonds. The number of methoxy groups -OCH3 is 1. The summed E-state index contributed by atoms with van der Waals surface area (Å²) >= 11 is 0. The van der Waals surface area contributed by atoms with Gasteiger partial charge in [-0.15, -0.1) is 0 Å². The first-order valence-electron chi connectivity index (χ1n) is 12.1. The van der Waals surface area contributed by atoms with Crippen molar-refractivity contribution >= 4 is 22.6 Å². The van der Waals surface area contributed by atoms with Crippen LogP contribution in [0.25, 0.3) is 16.7 Å². The van der Waals surface area contributed by atoms with E-state index in [-0.39, 0.29) is 22.7 Å². The molecule has 0 saturated carbocycles. The zero-order valence-electron chi connectivity index (χ0n) is 20.4. The lowest BCUT2D eigenvalue weighted by atomic mass is 10.1. The summed E-state index contributed by atoms with van der Waals surface area (Å²) < 4.78 is 14.0. The summed E-state index contributed by atoms with van der Waals surface area (Å²) in [6, 6.07) is 12.9. The fourth-order valence-electron chi connectivity index (χ4n) is 4.63. The average molecular weight is 488 g/mol. The second-order valence-electron chi connectivity index (χ2n) is 9.04. The number of ether oxygens (including phenoxy) is 2. The molecule has 1 aliphatic rings. The van der Waals surface area contributed by atoms with E-state index in [2.05, 4.69) is 5.32 Å². The van der Waals surface area contributed by atoms with Crippen LogP contribution < -0.4 is 21.1 Å². The minimum atomic E-state index is -0.399. The Bertz CT molecular complexity index is 1550. The number of fused-ring (bicyclic) bond motifs is 2. The van der Waals surface area contributed by atoms with Crippen LogP contribution in [0.5, 0.6) is 5.75 Å². The number of hydrogen-bond acceptors (Lipinski definition) is 6. The first kappa shape index (κ1) is 23.7. The van der Waals surface area contributed by atoms with Crippen molar-refractivity contribution in [2.24, 2.45) is 0 Å². The molecular weight excluding hydrogens is 458 g/mol. The summed E-state index contributed by atoms with van der Waals surface area (Å²) in [7, 11) is 1.62. The highest BCUT2D eigenvalue weighted by Crippen LogP contribution is 2.16. The summed E-state index contributed by atoms with van der Waals surface area (Å²) in [6.45, 7) is 3.34. The molecule has 0 radical (unpaired) electrons. The lowest BCUT2D eigenvalue weighted by Crippen LogP contribution is -2.38. The molecule has 1 saturated heterocycles. The fraction of sp³-hybridized carbons (Fsp3) is 0.333. The molecule has 0 bridgehead atoms. The lowest BCUT2D eigenvalue weighted by molar-refractivity contribution is 0.0856. The number of hydrogen-bond donors (Lipinski definition) is 2. The van der Waals surface area contributed by atoms with Crippen molar-refractivity contribution < 1.29 is 14.3 Å². The van der Waals surface area contributed by atoms with E-state index in [0.29, 0.717) is 42.8 Å². The maximum atomic E-state index is 13.5. The fourth-order valence-corrected chi connectivity index (χ4v) is 4.63. The topological polar surface area (TPSA) is 111 Å². The molecule has 3 aromatic heterocycles. The summed E-state index contributed by atoms with van der Waals surface area (Å²) in [5.74, 6) is 0.365. The maximum absolute atomic E-state index is 13.5. The van der Waals surface area contributed by atoms with E-state index in [0.717, 1.165) is 29.7 Å². The highest BCUT2D eigenvalue weighted by atomic mass is 16.5. The van der Waals surface area contributed by atoms with Gasteiger partial charge in [0.15, 0.2) is 0 Å². The zero-order chi connectivity index (χ0) is 25.2. The maximum Gasteiger partial charge on any atom is 0.267 e. The molecule has 1 fully saturated rings. The Morgan fingerprint density at radius 1 is 1.25 bits per heavy atom. The number of nitrogens with one attached hydrogen (secondary N) is 2. The number of nitrogens with zero attached hydrogens (tertiary/aromatic N) is 3. The second-order valence-corrected chi connectivity index (χ2v) is 9.04. The largest absolute Gasteiger partial charge is 0.497 e. The van der Waals surface area contributed by atoms with E-state index in [1.54, 1.807) is 23.9 Å². The number of pyridine rings is 2. The first-order chi connectivity index (χ1) is 17.5. The Labute approximate surface area is 207 Å². The van der Waals surface area contributed by atoms with Crippen molar-refractivity contribution in [2.45, 2.75) is 38.8 Å². The average Bonchev–Trinajstić information content (AvgIpc) is 3.41. The number of aryl methyl sites for hydroxylation is 3. The summed E-state index contributed by atoms with van der Waals surface area (Å²) in [4.78, 5) is 31.4. The molecule has 5 rings (SSSR count). The van der Waals surface area contributed by atoms with Crippen LogP contribution in [0, 0.1) is 12.3 Å². The molecule has 186 valence electrons. The Hall–Kier alpha value is -3.98. The number of benzene rings is 1. The Kier molecular flexibility index (Phi) is 6.56. The highest BCUT2D eigenvalue weighted by molar-refractivity contribution is 5.96. The predicted octanol–water partition coefficient (Wildman–Crippen LogP) is 2.60. The van der Waals surface area contributed by atoms with Gasteiger partial charge in [-0.3, -0.25) is 19.4 Å². The van der Waals surface area contributed by atoms with Gasteiger partial charge in [-0.2, -0.15) is 0 Å². The van der Waals surface area contributed by atoms with Crippen LogP contribution in [-0.4, -0.2) is 46.2 Å².